The summed E-state index contributed by atoms with van der Waals surface area (Å²) < 4.78 is 0.951. The molecule has 4 heteroatoms. The Morgan fingerprint density at radius 1 is 1.18 bits per heavy atom. The van der Waals surface area contributed by atoms with Gasteiger partial charge < -0.3 is 4.90 Å². The predicted molar refractivity (Wildman–Crippen MR) is 70.2 cm³/mol. The van der Waals surface area contributed by atoms with E-state index in [4.69, 9.17) is 4.98 Å². The molecule has 17 heavy (non-hydrogen) atoms. The van der Waals surface area contributed by atoms with Crippen molar-refractivity contribution in [3.8, 4) is 0 Å². The van der Waals surface area contributed by atoms with Crippen LogP contribution in [0.2, 0.25) is 0 Å². The van der Waals surface area contributed by atoms with Crippen molar-refractivity contribution < 1.29 is 0 Å². The maximum Gasteiger partial charge on any atom is 0.135 e. The Balaban J connectivity index is 1.68. The molecule has 1 saturated heterocycles. The van der Waals surface area contributed by atoms with E-state index in [2.05, 4.69) is 31.9 Å². The zero-order valence-corrected chi connectivity index (χ0v) is 11.4. The Labute approximate surface area is 110 Å². The molecule has 0 amide bonds. The number of hydrogen-bond donors (Lipinski definition) is 0. The van der Waals surface area contributed by atoms with Crippen molar-refractivity contribution in [3.05, 3.63) is 16.5 Å². The Kier molecular flexibility index (Phi) is 2.23. The first kappa shape index (κ1) is 10.3. The summed E-state index contributed by atoms with van der Waals surface area (Å²) in [4.78, 5) is 11.8. The molecule has 2 unspecified atom stereocenters. The lowest BCUT2D eigenvalue weighted by molar-refractivity contribution is 0.549. The van der Waals surface area contributed by atoms with Gasteiger partial charge in [0.25, 0.3) is 0 Å². The maximum atomic E-state index is 4.78. The Bertz CT molecular complexity index is 458. The zero-order chi connectivity index (χ0) is 11.4. The summed E-state index contributed by atoms with van der Waals surface area (Å²) in [6.45, 7) is 1.21. The molecule has 0 aromatic carbocycles. The molecular weight excluding hydrogens is 278 g/mol. The van der Waals surface area contributed by atoms with Crippen LogP contribution in [0.15, 0.2) is 10.7 Å². The lowest BCUT2D eigenvalue weighted by Gasteiger charge is -2.28. The average molecular weight is 294 g/mol. The van der Waals surface area contributed by atoms with Gasteiger partial charge in [-0.25, -0.2) is 9.97 Å². The molecule has 1 aromatic heterocycles. The highest BCUT2D eigenvalue weighted by Crippen LogP contribution is 2.42. The van der Waals surface area contributed by atoms with Gasteiger partial charge in [0, 0.05) is 24.6 Å². The molecule has 2 bridgehead atoms. The Morgan fingerprint density at radius 3 is 2.71 bits per heavy atom. The summed E-state index contributed by atoms with van der Waals surface area (Å²) in [6.07, 6.45) is 6.68. The second-order valence-corrected chi connectivity index (χ2v) is 6.48. The molecule has 1 aliphatic heterocycles. The molecule has 0 spiro atoms. The third kappa shape index (κ3) is 1.77. The average Bonchev–Trinajstić information content (AvgIpc) is 2.97. The van der Waals surface area contributed by atoms with Crippen LogP contribution in [0.4, 0.5) is 5.82 Å². The van der Waals surface area contributed by atoms with E-state index in [0.717, 1.165) is 28.2 Å². The summed E-state index contributed by atoms with van der Waals surface area (Å²) in [7, 11) is 0. The van der Waals surface area contributed by atoms with Crippen LogP contribution in [0.1, 0.15) is 43.8 Å². The van der Waals surface area contributed by atoms with Crippen molar-refractivity contribution >= 4 is 21.7 Å². The first-order chi connectivity index (χ1) is 8.29. The first-order valence-corrected chi connectivity index (χ1v) is 7.40. The molecule has 90 valence electrons. The SMILES string of the molecule is Brc1cc(N2CC3CCC2C3)nc(C2CC2)n1. The van der Waals surface area contributed by atoms with Crippen LogP contribution in [-0.2, 0) is 0 Å². The van der Waals surface area contributed by atoms with E-state index < -0.39 is 0 Å². The highest BCUT2D eigenvalue weighted by atomic mass is 79.9. The van der Waals surface area contributed by atoms with E-state index in [1.807, 2.05) is 0 Å². The van der Waals surface area contributed by atoms with Crippen LogP contribution in [0, 0.1) is 5.92 Å². The van der Waals surface area contributed by atoms with E-state index in [1.54, 1.807) is 0 Å². The minimum atomic E-state index is 0.631. The van der Waals surface area contributed by atoms with Crippen LogP contribution in [0.25, 0.3) is 0 Å². The molecule has 1 aromatic rings. The highest BCUT2D eigenvalue weighted by Gasteiger charge is 2.39. The van der Waals surface area contributed by atoms with Gasteiger partial charge in [0.15, 0.2) is 0 Å². The standard InChI is InChI=1S/C13H16BrN3/c14-11-6-12(16-13(15-11)9-2-3-9)17-7-8-1-4-10(17)5-8/h6,8-10H,1-5,7H2. The quantitative estimate of drug-likeness (QED) is 0.785. The first-order valence-electron chi connectivity index (χ1n) is 6.61. The highest BCUT2D eigenvalue weighted by molar-refractivity contribution is 9.10. The zero-order valence-electron chi connectivity index (χ0n) is 9.77. The van der Waals surface area contributed by atoms with Gasteiger partial charge in [-0.2, -0.15) is 0 Å². The fraction of sp³-hybridized carbons (Fsp3) is 0.692. The Morgan fingerprint density at radius 2 is 2.06 bits per heavy atom. The molecule has 2 atom stereocenters. The lowest BCUT2D eigenvalue weighted by atomic mass is 10.1. The van der Waals surface area contributed by atoms with E-state index in [1.165, 1.54) is 38.6 Å². The second-order valence-electron chi connectivity index (χ2n) is 5.67. The minimum Gasteiger partial charge on any atom is -0.353 e. The normalized spacial score (nSPS) is 31.2. The van der Waals surface area contributed by atoms with Crippen LogP contribution < -0.4 is 4.90 Å². The third-order valence-electron chi connectivity index (χ3n) is 4.34. The summed E-state index contributed by atoms with van der Waals surface area (Å²) >= 11 is 3.53. The molecule has 3 nitrogen and oxygen atoms in total. The lowest BCUT2D eigenvalue weighted by Crippen LogP contribution is -2.32. The minimum absolute atomic E-state index is 0.631. The number of anilines is 1. The number of aromatic nitrogens is 2. The van der Waals surface area contributed by atoms with Gasteiger partial charge in [-0.1, -0.05) is 0 Å². The third-order valence-corrected chi connectivity index (χ3v) is 4.75. The van der Waals surface area contributed by atoms with Crippen molar-refractivity contribution in [1.82, 2.24) is 9.97 Å². The van der Waals surface area contributed by atoms with Crippen molar-refractivity contribution in [2.75, 3.05) is 11.4 Å². The molecular formula is C13H16BrN3. The van der Waals surface area contributed by atoms with Crippen LogP contribution in [0.5, 0.6) is 0 Å². The van der Waals surface area contributed by atoms with Crippen LogP contribution >= 0.6 is 15.9 Å². The number of fused-ring (bicyclic) bond motifs is 2. The molecule has 0 radical (unpaired) electrons. The fourth-order valence-electron chi connectivity index (χ4n) is 3.30. The van der Waals surface area contributed by atoms with Crippen molar-refractivity contribution in [2.24, 2.45) is 5.92 Å². The van der Waals surface area contributed by atoms with Gasteiger partial charge in [0.05, 0.1) is 0 Å². The van der Waals surface area contributed by atoms with Gasteiger partial charge in [-0.05, 0) is 54.0 Å². The monoisotopic (exact) mass is 293 g/mol. The molecule has 2 saturated carbocycles. The van der Waals surface area contributed by atoms with Gasteiger partial charge in [-0.15, -0.1) is 0 Å². The van der Waals surface area contributed by atoms with Gasteiger partial charge in [0.2, 0.25) is 0 Å². The Hall–Kier alpha value is -0.640. The molecule has 3 fully saturated rings. The number of nitrogens with zero attached hydrogens (tertiary/aromatic N) is 3. The summed E-state index contributed by atoms with van der Waals surface area (Å²) in [5.41, 5.74) is 0. The smallest absolute Gasteiger partial charge is 0.135 e. The van der Waals surface area contributed by atoms with Crippen molar-refractivity contribution in [2.45, 2.75) is 44.1 Å². The molecule has 2 heterocycles. The molecule has 0 N–H and O–H groups in total. The van der Waals surface area contributed by atoms with E-state index in [0.29, 0.717) is 5.92 Å². The van der Waals surface area contributed by atoms with Crippen molar-refractivity contribution in [1.29, 1.82) is 0 Å². The number of halogens is 1. The van der Waals surface area contributed by atoms with Gasteiger partial charge in [0.1, 0.15) is 16.2 Å². The van der Waals surface area contributed by atoms with E-state index >= 15 is 0 Å². The van der Waals surface area contributed by atoms with Gasteiger partial charge >= 0.3 is 0 Å². The fourth-order valence-corrected chi connectivity index (χ4v) is 3.69. The topological polar surface area (TPSA) is 29.0 Å². The molecule has 4 rings (SSSR count). The summed E-state index contributed by atoms with van der Waals surface area (Å²) in [5, 5.41) is 0. The summed E-state index contributed by atoms with van der Waals surface area (Å²) in [5.74, 6) is 3.75. The summed E-state index contributed by atoms with van der Waals surface area (Å²) in [6, 6.07) is 2.83. The van der Waals surface area contributed by atoms with Gasteiger partial charge in [-0.3, -0.25) is 0 Å². The van der Waals surface area contributed by atoms with E-state index in [-0.39, 0.29) is 0 Å². The largest absolute Gasteiger partial charge is 0.353 e. The van der Waals surface area contributed by atoms with Crippen molar-refractivity contribution in [3.63, 3.8) is 0 Å². The van der Waals surface area contributed by atoms with E-state index in [9.17, 15) is 0 Å². The second kappa shape index (κ2) is 3.67. The number of piperidine rings is 1. The maximum absolute atomic E-state index is 4.78. The number of rotatable bonds is 2. The molecule has 3 aliphatic rings. The predicted octanol–water partition coefficient (Wildman–Crippen LogP) is 3.11. The molecule has 2 aliphatic carbocycles. The van der Waals surface area contributed by atoms with Crippen LogP contribution in [0.3, 0.4) is 0 Å². The number of hydrogen-bond acceptors (Lipinski definition) is 3. The van der Waals surface area contributed by atoms with Crippen LogP contribution in [-0.4, -0.2) is 22.6 Å².